The second-order valence-electron chi connectivity index (χ2n) is 8.09. The molecular formula is C22H28ClN5OS. The molecule has 0 amide bonds. The van der Waals surface area contributed by atoms with Gasteiger partial charge < -0.3 is 20.3 Å². The predicted octanol–water partition coefficient (Wildman–Crippen LogP) is 4.07. The first-order chi connectivity index (χ1) is 14.5. The third kappa shape index (κ3) is 5.02. The van der Waals surface area contributed by atoms with Crippen LogP contribution in [0.3, 0.4) is 0 Å². The summed E-state index contributed by atoms with van der Waals surface area (Å²) < 4.78 is 5.44. The van der Waals surface area contributed by atoms with Gasteiger partial charge >= 0.3 is 0 Å². The molecule has 0 radical (unpaired) electrons. The molecule has 2 fully saturated rings. The van der Waals surface area contributed by atoms with E-state index < -0.39 is 0 Å². The number of nitrogens with zero attached hydrogens (tertiary/aromatic N) is 3. The molecule has 0 unspecified atom stereocenters. The van der Waals surface area contributed by atoms with Gasteiger partial charge in [0.2, 0.25) is 5.95 Å². The molecule has 2 aliphatic rings. The Balaban J connectivity index is 1.41. The Hall–Kier alpha value is -1.96. The summed E-state index contributed by atoms with van der Waals surface area (Å²) in [7, 11) is 0. The van der Waals surface area contributed by atoms with Crippen molar-refractivity contribution in [1.82, 2.24) is 15.3 Å². The van der Waals surface area contributed by atoms with Gasteiger partial charge in [-0.3, -0.25) is 0 Å². The highest BCUT2D eigenvalue weighted by Gasteiger charge is 2.35. The zero-order valence-electron chi connectivity index (χ0n) is 17.3. The topological polar surface area (TPSA) is 62.3 Å². The fourth-order valence-corrected chi connectivity index (χ4v) is 4.67. The fourth-order valence-electron chi connectivity index (χ4n) is 4.38. The van der Waals surface area contributed by atoms with Crippen LogP contribution in [0.4, 0.5) is 11.8 Å². The summed E-state index contributed by atoms with van der Waals surface area (Å²) in [5.74, 6) is 1.44. The number of thiocarbonyl (C=S) groups is 1. The van der Waals surface area contributed by atoms with Crippen LogP contribution in [-0.2, 0) is 10.2 Å². The molecule has 1 aliphatic heterocycles. The summed E-state index contributed by atoms with van der Waals surface area (Å²) >= 11 is 11.7. The van der Waals surface area contributed by atoms with E-state index in [2.05, 4.69) is 37.6 Å². The van der Waals surface area contributed by atoms with Gasteiger partial charge in [-0.2, -0.15) is 4.98 Å². The molecule has 1 aromatic heterocycles. The van der Waals surface area contributed by atoms with Gasteiger partial charge in [0.05, 0.1) is 13.2 Å². The molecule has 1 aromatic carbocycles. The minimum absolute atomic E-state index is 0.0861. The Morgan fingerprint density at radius 1 is 1.17 bits per heavy atom. The number of anilines is 2. The summed E-state index contributed by atoms with van der Waals surface area (Å²) in [6, 6.07) is 10.2. The average Bonchev–Trinajstić information content (AvgIpc) is 3.23. The second kappa shape index (κ2) is 9.45. The number of halogens is 1. The van der Waals surface area contributed by atoms with E-state index in [0.717, 1.165) is 62.2 Å². The van der Waals surface area contributed by atoms with E-state index in [1.54, 1.807) is 0 Å². The van der Waals surface area contributed by atoms with Crippen molar-refractivity contribution < 1.29 is 4.74 Å². The normalized spacial score (nSPS) is 18.3. The lowest BCUT2D eigenvalue weighted by Gasteiger charge is -2.31. The van der Waals surface area contributed by atoms with Crippen LogP contribution in [0.2, 0.25) is 5.02 Å². The number of aromatic nitrogens is 2. The minimum atomic E-state index is 0.0861. The van der Waals surface area contributed by atoms with Gasteiger partial charge in [0, 0.05) is 41.8 Å². The molecule has 30 heavy (non-hydrogen) atoms. The van der Waals surface area contributed by atoms with Crippen molar-refractivity contribution in [1.29, 1.82) is 0 Å². The van der Waals surface area contributed by atoms with E-state index in [1.165, 1.54) is 18.4 Å². The number of ether oxygens (including phenoxy) is 1. The van der Waals surface area contributed by atoms with Crippen molar-refractivity contribution in [3.63, 3.8) is 0 Å². The largest absolute Gasteiger partial charge is 0.378 e. The van der Waals surface area contributed by atoms with Gasteiger partial charge in [0.1, 0.15) is 5.82 Å². The molecule has 1 saturated heterocycles. The second-order valence-corrected chi connectivity index (χ2v) is 8.94. The summed E-state index contributed by atoms with van der Waals surface area (Å²) in [6.45, 7) is 5.87. The third-order valence-corrected chi connectivity index (χ3v) is 6.50. The number of hydrogen-bond donors (Lipinski definition) is 2. The van der Waals surface area contributed by atoms with Crippen molar-refractivity contribution in [3.8, 4) is 0 Å². The van der Waals surface area contributed by atoms with Crippen LogP contribution in [-0.4, -0.2) is 47.9 Å². The Bertz CT molecular complexity index is 880. The van der Waals surface area contributed by atoms with Crippen LogP contribution in [0.15, 0.2) is 30.3 Å². The maximum atomic E-state index is 6.09. The van der Waals surface area contributed by atoms with Gasteiger partial charge in [-0.25, -0.2) is 4.98 Å². The summed E-state index contributed by atoms with van der Waals surface area (Å²) in [5.41, 5.74) is 2.31. The molecule has 2 N–H and O–H groups in total. The first-order valence-corrected chi connectivity index (χ1v) is 11.3. The molecule has 2 aromatic rings. The molecule has 6 nitrogen and oxygen atoms in total. The van der Waals surface area contributed by atoms with Crippen LogP contribution in [0.1, 0.15) is 36.9 Å². The Labute approximate surface area is 188 Å². The summed E-state index contributed by atoms with van der Waals surface area (Å²) in [6.07, 6.45) is 4.75. The highest BCUT2D eigenvalue weighted by Crippen LogP contribution is 2.41. The molecule has 4 rings (SSSR count). The Morgan fingerprint density at radius 2 is 1.87 bits per heavy atom. The Kier molecular flexibility index (Phi) is 6.71. The van der Waals surface area contributed by atoms with Crippen LogP contribution in [0.25, 0.3) is 0 Å². The quantitative estimate of drug-likeness (QED) is 0.672. The first-order valence-electron chi connectivity index (χ1n) is 10.5. The molecule has 1 aliphatic carbocycles. The number of morpholine rings is 1. The van der Waals surface area contributed by atoms with Gasteiger partial charge in [-0.1, -0.05) is 36.6 Å². The van der Waals surface area contributed by atoms with Crippen molar-refractivity contribution in [2.45, 2.75) is 38.0 Å². The highest BCUT2D eigenvalue weighted by molar-refractivity contribution is 7.80. The van der Waals surface area contributed by atoms with Crippen molar-refractivity contribution in [2.24, 2.45) is 0 Å². The maximum absolute atomic E-state index is 6.09. The van der Waals surface area contributed by atoms with Gasteiger partial charge in [-0.05, 0) is 49.7 Å². The van der Waals surface area contributed by atoms with E-state index in [1.807, 2.05) is 25.1 Å². The van der Waals surface area contributed by atoms with E-state index >= 15 is 0 Å². The molecule has 8 heteroatoms. The lowest BCUT2D eigenvalue weighted by atomic mass is 9.79. The molecule has 2 heterocycles. The SMILES string of the molecule is Cc1cc(N2CCOCC2)nc(NC(=S)NCC2(c3ccc(Cl)cc3)CCCC2)n1. The molecular weight excluding hydrogens is 418 g/mol. The molecule has 1 saturated carbocycles. The molecule has 160 valence electrons. The number of hydrogen-bond acceptors (Lipinski definition) is 5. The molecule has 0 spiro atoms. The van der Waals surface area contributed by atoms with Gasteiger partial charge in [0.25, 0.3) is 0 Å². The zero-order chi connectivity index (χ0) is 21.0. The monoisotopic (exact) mass is 445 g/mol. The van der Waals surface area contributed by atoms with Crippen LogP contribution in [0.5, 0.6) is 0 Å². The smallest absolute Gasteiger partial charge is 0.231 e. The number of benzene rings is 1. The van der Waals surface area contributed by atoms with Crippen LogP contribution < -0.4 is 15.5 Å². The van der Waals surface area contributed by atoms with Crippen molar-refractivity contribution >= 4 is 40.7 Å². The van der Waals surface area contributed by atoms with Crippen molar-refractivity contribution in [3.05, 3.63) is 46.6 Å². The van der Waals surface area contributed by atoms with Crippen LogP contribution in [0, 0.1) is 6.92 Å². The van der Waals surface area contributed by atoms with E-state index in [9.17, 15) is 0 Å². The highest BCUT2D eigenvalue weighted by atomic mass is 35.5. The van der Waals surface area contributed by atoms with E-state index in [4.69, 9.17) is 28.6 Å². The van der Waals surface area contributed by atoms with E-state index in [0.29, 0.717) is 11.1 Å². The van der Waals surface area contributed by atoms with Crippen LogP contribution >= 0.6 is 23.8 Å². The van der Waals surface area contributed by atoms with Crippen molar-refractivity contribution in [2.75, 3.05) is 43.1 Å². The average molecular weight is 446 g/mol. The zero-order valence-corrected chi connectivity index (χ0v) is 18.9. The number of aryl methyl sites for hydroxylation is 1. The number of rotatable bonds is 5. The lowest BCUT2D eigenvalue weighted by Crippen LogP contribution is -2.41. The third-order valence-electron chi connectivity index (χ3n) is 6.01. The van der Waals surface area contributed by atoms with Gasteiger partial charge in [0.15, 0.2) is 5.11 Å². The summed E-state index contributed by atoms with van der Waals surface area (Å²) in [4.78, 5) is 11.4. The predicted molar refractivity (Wildman–Crippen MR) is 126 cm³/mol. The Morgan fingerprint density at radius 3 is 2.57 bits per heavy atom. The standard InChI is InChI=1S/C22H28ClN5OS/c1-16-14-19(28-10-12-29-13-11-28)26-20(25-16)27-21(30)24-15-22(8-2-3-9-22)17-4-6-18(23)7-5-17/h4-7,14H,2-3,8-13,15H2,1H3,(H2,24,25,26,27,30). The first kappa shape index (κ1) is 21.3. The maximum Gasteiger partial charge on any atom is 0.231 e. The fraction of sp³-hybridized carbons (Fsp3) is 0.500. The minimum Gasteiger partial charge on any atom is -0.378 e. The van der Waals surface area contributed by atoms with Gasteiger partial charge in [-0.15, -0.1) is 0 Å². The molecule has 0 atom stereocenters. The number of nitrogens with one attached hydrogen (secondary N) is 2. The lowest BCUT2D eigenvalue weighted by molar-refractivity contribution is 0.122. The van der Waals surface area contributed by atoms with E-state index in [-0.39, 0.29) is 5.41 Å². The molecule has 0 bridgehead atoms. The summed E-state index contributed by atoms with van der Waals surface area (Å²) in [5, 5.41) is 7.92.